The molecule has 0 spiro atoms. The average Bonchev–Trinajstić information content (AvgIpc) is 2.63. The molecule has 2 aliphatic rings. The van der Waals surface area contributed by atoms with Crippen molar-refractivity contribution in [2.45, 2.75) is 6.92 Å². The highest BCUT2D eigenvalue weighted by atomic mass is 19.1. The smallest absolute Gasteiger partial charge is 0.217 e. The second-order valence-corrected chi connectivity index (χ2v) is 6.26. The van der Waals surface area contributed by atoms with Crippen LogP contribution < -0.4 is 5.43 Å². The van der Waals surface area contributed by atoms with Crippen molar-refractivity contribution in [3.63, 3.8) is 0 Å². The lowest BCUT2D eigenvalue weighted by Crippen LogP contribution is -2.07. The number of phenolic OH excluding ortho intramolecular Hbond substituents is 1. The second kappa shape index (κ2) is 6.02. The number of rotatable bonds is 2. The van der Waals surface area contributed by atoms with Crippen LogP contribution in [0.2, 0.25) is 0 Å². The molecule has 1 heterocycles. The number of hydrogen-bond donors (Lipinski definition) is 1. The molecule has 4 rings (SSSR count). The van der Waals surface area contributed by atoms with Crippen LogP contribution in [0.15, 0.2) is 51.7 Å². The zero-order valence-electron chi connectivity index (χ0n) is 14.0. The summed E-state index contributed by atoms with van der Waals surface area (Å²) in [7, 11) is 0. The van der Waals surface area contributed by atoms with Crippen molar-refractivity contribution in [1.29, 1.82) is 0 Å². The predicted molar refractivity (Wildman–Crippen MR) is 96.2 cm³/mol. The highest BCUT2D eigenvalue weighted by Crippen LogP contribution is 2.42. The van der Waals surface area contributed by atoms with Crippen molar-refractivity contribution < 1.29 is 23.1 Å². The fourth-order valence-corrected chi connectivity index (χ4v) is 3.20. The molecule has 0 atom stereocenters. The Morgan fingerprint density at radius 1 is 1.00 bits per heavy atom. The van der Waals surface area contributed by atoms with Gasteiger partial charge in [-0.25, -0.2) is 8.78 Å². The monoisotopic (exact) mass is 366 g/mol. The first kappa shape index (κ1) is 16.9. The number of carbonyl (C=O) groups excluding carboxylic acids is 1. The van der Waals surface area contributed by atoms with Crippen LogP contribution in [0.25, 0.3) is 33.4 Å². The molecule has 0 aromatic heterocycles. The van der Waals surface area contributed by atoms with E-state index in [1.165, 1.54) is 0 Å². The molecule has 2 aromatic carbocycles. The van der Waals surface area contributed by atoms with Crippen molar-refractivity contribution >= 4 is 17.3 Å². The Bertz CT molecular complexity index is 1260. The predicted octanol–water partition coefficient (Wildman–Crippen LogP) is 4.67. The minimum atomic E-state index is -0.989. The van der Waals surface area contributed by atoms with Gasteiger partial charge in [0.1, 0.15) is 11.3 Å². The summed E-state index contributed by atoms with van der Waals surface area (Å²) in [5.74, 6) is -2.44. The minimum Gasteiger partial charge on any atom is -0.505 e. The van der Waals surface area contributed by atoms with E-state index in [1.807, 2.05) is 6.92 Å². The summed E-state index contributed by atoms with van der Waals surface area (Å²) in [4.78, 5) is 23.3. The number of benzene rings is 3. The summed E-state index contributed by atoms with van der Waals surface area (Å²) in [5, 5.41) is 9.91. The number of hydrogen-bond acceptors (Lipinski definition) is 4. The summed E-state index contributed by atoms with van der Waals surface area (Å²) >= 11 is 0. The van der Waals surface area contributed by atoms with Gasteiger partial charge in [0, 0.05) is 34.2 Å². The van der Waals surface area contributed by atoms with Gasteiger partial charge in [0.25, 0.3) is 0 Å². The molecule has 2 aromatic rings. The third kappa shape index (κ3) is 2.66. The Labute approximate surface area is 151 Å². The van der Waals surface area contributed by atoms with Gasteiger partial charge in [-0.15, -0.1) is 0 Å². The summed E-state index contributed by atoms with van der Waals surface area (Å²) < 4.78 is 33.6. The maximum atomic E-state index is 14.0. The van der Waals surface area contributed by atoms with Crippen LogP contribution >= 0.6 is 0 Å². The summed E-state index contributed by atoms with van der Waals surface area (Å²) in [6, 6.07) is 9.22. The molecule has 6 heteroatoms. The Morgan fingerprint density at radius 3 is 2.52 bits per heavy atom. The van der Waals surface area contributed by atoms with E-state index in [1.54, 1.807) is 18.2 Å². The van der Waals surface area contributed by atoms with Gasteiger partial charge >= 0.3 is 0 Å². The highest BCUT2D eigenvalue weighted by molar-refractivity contribution is 6.05. The van der Waals surface area contributed by atoms with Crippen molar-refractivity contribution in [1.82, 2.24) is 0 Å². The summed E-state index contributed by atoms with van der Waals surface area (Å²) in [5.41, 5.74) is 1.39. The van der Waals surface area contributed by atoms with E-state index in [2.05, 4.69) is 0 Å². The molecule has 0 saturated heterocycles. The molecule has 0 bridgehead atoms. The number of phenols is 1. The van der Waals surface area contributed by atoms with Gasteiger partial charge in [-0.2, -0.15) is 0 Å². The molecule has 1 N–H and O–H groups in total. The van der Waals surface area contributed by atoms with E-state index in [4.69, 9.17) is 4.42 Å². The van der Waals surface area contributed by atoms with E-state index in [0.29, 0.717) is 23.0 Å². The van der Waals surface area contributed by atoms with E-state index >= 15 is 0 Å². The fourth-order valence-electron chi connectivity index (χ4n) is 3.20. The molecule has 4 nitrogen and oxygen atoms in total. The summed E-state index contributed by atoms with van der Waals surface area (Å²) in [6.07, 6.45) is 0.652. The van der Waals surface area contributed by atoms with Crippen LogP contribution in [0.1, 0.15) is 15.9 Å². The molecule has 0 unspecified atom stereocenters. The standard InChI is InChI=1S/C21H12F2O4/c1-10-2-3-12(11(4-10)9-24)21-13-5-15(22)17(25)7-19(13)27-20-8-18(26)16(23)6-14(20)21/h2-9,25H,1H3. The Balaban J connectivity index is 2.26. The van der Waals surface area contributed by atoms with Crippen LogP contribution in [0.4, 0.5) is 8.78 Å². The van der Waals surface area contributed by atoms with Crippen molar-refractivity contribution in [2.24, 2.45) is 0 Å². The SMILES string of the molecule is Cc1ccc(-c2c3cc(F)c(=O)cc-3oc3cc(O)c(F)cc23)c(C=O)c1. The lowest BCUT2D eigenvalue weighted by Gasteiger charge is -2.17. The first-order valence-corrected chi connectivity index (χ1v) is 8.04. The molecule has 0 radical (unpaired) electrons. The molecule has 0 amide bonds. The van der Waals surface area contributed by atoms with Gasteiger partial charge in [-0.3, -0.25) is 9.59 Å². The Morgan fingerprint density at radius 2 is 1.78 bits per heavy atom. The largest absolute Gasteiger partial charge is 0.505 e. The van der Waals surface area contributed by atoms with Gasteiger partial charge in [0.2, 0.25) is 5.43 Å². The number of carbonyl (C=O) groups is 1. The van der Waals surface area contributed by atoms with Crippen LogP contribution in [0, 0.1) is 18.6 Å². The molecule has 27 heavy (non-hydrogen) atoms. The Hall–Kier alpha value is -3.54. The van der Waals surface area contributed by atoms with Crippen molar-refractivity contribution in [3.8, 4) is 28.2 Å². The van der Waals surface area contributed by atoms with Crippen LogP contribution in [-0.2, 0) is 0 Å². The molecular weight excluding hydrogens is 354 g/mol. The number of aryl methyl sites for hydroxylation is 1. The van der Waals surface area contributed by atoms with Crippen molar-refractivity contribution in [3.05, 3.63) is 75.4 Å². The molecule has 1 aliphatic carbocycles. The topological polar surface area (TPSA) is 67.5 Å². The van der Waals surface area contributed by atoms with Gasteiger partial charge in [0.05, 0.1) is 0 Å². The molecule has 134 valence electrons. The third-order valence-electron chi connectivity index (χ3n) is 4.45. The lowest BCUT2D eigenvalue weighted by molar-refractivity contribution is 0.112. The first-order chi connectivity index (χ1) is 12.9. The van der Waals surface area contributed by atoms with Gasteiger partial charge in [-0.05, 0) is 30.7 Å². The van der Waals surface area contributed by atoms with Crippen LogP contribution in [-0.4, -0.2) is 11.4 Å². The number of aldehydes is 1. The normalized spacial score (nSPS) is 11.2. The lowest BCUT2D eigenvalue weighted by atomic mass is 9.90. The molecule has 1 aliphatic heterocycles. The number of aromatic hydroxyl groups is 1. The zero-order valence-corrected chi connectivity index (χ0v) is 14.0. The van der Waals surface area contributed by atoms with E-state index in [0.717, 1.165) is 29.8 Å². The third-order valence-corrected chi connectivity index (χ3v) is 4.45. The van der Waals surface area contributed by atoms with E-state index in [-0.39, 0.29) is 22.3 Å². The maximum absolute atomic E-state index is 14.0. The van der Waals surface area contributed by atoms with Gasteiger partial charge in [-0.1, -0.05) is 17.7 Å². The average molecular weight is 366 g/mol. The fraction of sp³-hybridized carbons (Fsp3) is 0.0476. The zero-order chi connectivity index (χ0) is 19.3. The first-order valence-electron chi connectivity index (χ1n) is 8.04. The Kier molecular flexibility index (Phi) is 3.77. The second-order valence-electron chi connectivity index (χ2n) is 6.26. The molecule has 0 saturated carbocycles. The minimum absolute atomic E-state index is 0.0623. The highest BCUT2D eigenvalue weighted by Gasteiger charge is 2.22. The quantitative estimate of drug-likeness (QED) is 0.414. The van der Waals surface area contributed by atoms with Crippen LogP contribution in [0.5, 0.6) is 5.75 Å². The summed E-state index contributed by atoms with van der Waals surface area (Å²) in [6.45, 7) is 1.81. The van der Waals surface area contributed by atoms with E-state index < -0.39 is 22.8 Å². The maximum Gasteiger partial charge on any atom is 0.217 e. The molecular formula is C21H12F2O4. The molecule has 0 fully saturated rings. The van der Waals surface area contributed by atoms with Crippen molar-refractivity contribution in [2.75, 3.05) is 0 Å². The number of fused-ring (bicyclic) bond motifs is 2. The van der Waals surface area contributed by atoms with Gasteiger partial charge in [0.15, 0.2) is 23.7 Å². The van der Waals surface area contributed by atoms with Gasteiger partial charge < -0.3 is 9.52 Å². The number of halogens is 2. The van der Waals surface area contributed by atoms with Crippen LogP contribution in [0.3, 0.4) is 0 Å². The van der Waals surface area contributed by atoms with E-state index in [9.17, 15) is 23.5 Å².